The fourth-order valence-corrected chi connectivity index (χ4v) is 1.59. The highest BCUT2D eigenvalue weighted by Gasteiger charge is 2.08. The Balaban J connectivity index is 2.52. The Morgan fingerprint density at radius 3 is 2.89 bits per heavy atom. The van der Waals surface area contributed by atoms with Gasteiger partial charge in [-0.3, -0.25) is 0 Å². The number of aromatic nitrogens is 3. The second-order valence-corrected chi connectivity index (χ2v) is 3.63. The quantitative estimate of drug-likeness (QED) is 0.788. The van der Waals surface area contributed by atoms with Crippen LogP contribution in [0.3, 0.4) is 0 Å². The lowest BCUT2D eigenvalue weighted by Crippen LogP contribution is -2.15. The first-order valence-corrected chi connectivity index (χ1v) is 5.33. The maximum Gasteiger partial charge on any atom is 0.347 e. The van der Waals surface area contributed by atoms with Crippen LogP contribution in [-0.4, -0.2) is 33.0 Å². The van der Waals surface area contributed by atoms with E-state index in [2.05, 4.69) is 10.2 Å². The molecule has 0 spiro atoms. The van der Waals surface area contributed by atoms with Crippen LogP contribution in [0.1, 0.15) is 5.56 Å². The molecule has 7 heteroatoms. The number of hydrogen-bond acceptors (Lipinski definition) is 4. The molecule has 2 rings (SSSR count). The first-order chi connectivity index (χ1) is 9.11. The molecule has 0 atom stereocenters. The fourth-order valence-electron chi connectivity index (χ4n) is 1.59. The van der Waals surface area contributed by atoms with Gasteiger partial charge >= 0.3 is 11.7 Å². The summed E-state index contributed by atoms with van der Waals surface area (Å²) in [5, 5.41) is 14.5. The Hall–Kier alpha value is -2.83. The molecule has 19 heavy (non-hydrogen) atoms. The maximum absolute atomic E-state index is 11.5. The van der Waals surface area contributed by atoms with Crippen molar-refractivity contribution in [1.82, 2.24) is 14.8 Å². The summed E-state index contributed by atoms with van der Waals surface area (Å²) in [4.78, 5) is 22.0. The number of carboxylic acid groups (broad SMARTS) is 1. The molecule has 0 fully saturated rings. The Morgan fingerprint density at radius 2 is 2.32 bits per heavy atom. The van der Waals surface area contributed by atoms with Crippen molar-refractivity contribution in [2.24, 2.45) is 0 Å². The number of rotatable bonds is 4. The molecule has 0 bridgehead atoms. The molecule has 7 nitrogen and oxygen atoms in total. The molecule has 0 aliphatic rings. The average Bonchev–Trinajstić information content (AvgIpc) is 2.82. The van der Waals surface area contributed by atoms with Gasteiger partial charge in [0.05, 0.1) is 12.8 Å². The van der Waals surface area contributed by atoms with Gasteiger partial charge in [0.15, 0.2) is 0 Å². The smallest absolute Gasteiger partial charge is 0.347 e. The largest absolute Gasteiger partial charge is 0.495 e. The number of ether oxygens (including phenoxy) is 1. The van der Waals surface area contributed by atoms with Gasteiger partial charge in [-0.15, -0.1) is 0 Å². The third-order valence-corrected chi connectivity index (χ3v) is 2.43. The predicted molar refractivity (Wildman–Crippen MR) is 67.4 cm³/mol. The third kappa shape index (κ3) is 2.71. The zero-order chi connectivity index (χ0) is 13.8. The van der Waals surface area contributed by atoms with Crippen LogP contribution in [0.25, 0.3) is 11.8 Å². The summed E-state index contributed by atoms with van der Waals surface area (Å²) in [7, 11) is 1.48. The highest BCUT2D eigenvalue weighted by molar-refractivity contribution is 5.85. The molecule has 0 amide bonds. The SMILES string of the molecule is COc1ccc(/C=C/C(=O)O)cc1-n1cn[nH]c1=O. The maximum atomic E-state index is 11.5. The highest BCUT2D eigenvalue weighted by atomic mass is 16.5. The second kappa shape index (κ2) is 5.21. The summed E-state index contributed by atoms with van der Waals surface area (Å²) in [5.74, 6) is -0.561. The Labute approximate surface area is 107 Å². The van der Waals surface area contributed by atoms with Crippen LogP contribution in [-0.2, 0) is 4.79 Å². The molecule has 1 aromatic carbocycles. The summed E-state index contributed by atoms with van der Waals surface area (Å²) >= 11 is 0. The van der Waals surface area contributed by atoms with Gasteiger partial charge in [-0.1, -0.05) is 6.07 Å². The standard InChI is InChI=1S/C12H11N3O4/c1-19-10-4-2-8(3-5-11(16)17)6-9(10)15-7-13-14-12(15)18/h2-7H,1H3,(H,14,18)(H,16,17)/b5-3+. The number of benzene rings is 1. The van der Waals surface area contributed by atoms with Gasteiger partial charge in [-0.05, 0) is 23.8 Å². The minimum Gasteiger partial charge on any atom is -0.495 e. The van der Waals surface area contributed by atoms with E-state index in [0.717, 1.165) is 6.08 Å². The summed E-state index contributed by atoms with van der Waals surface area (Å²) in [6.45, 7) is 0. The van der Waals surface area contributed by atoms with Gasteiger partial charge in [0.1, 0.15) is 12.1 Å². The number of carboxylic acids is 1. The number of aliphatic carboxylic acids is 1. The van der Waals surface area contributed by atoms with Crippen LogP contribution in [0.15, 0.2) is 35.4 Å². The van der Waals surface area contributed by atoms with E-state index in [0.29, 0.717) is 17.0 Å². The van der Waals surface area contributed by atoms with Crippen LogP contribution in [0.5, 0.6) is 5.75 Å². The molecule has 0 saturated heterocycles. The zero-order valence-electron chi connectivity index (χ0n) is 10.0. The molecular formula is C12H11N3O4. The van der Waals surface area contributed by atoms with Gasteiger partial charge in [0.2, 0.25) is 0 Å². The summed E-state index contributed by atoms with van der Waals surface area (Å²) in [6, 6.07) is 4.97. The average molecular weight is 261 g/mol. The molecule has 2 aromatic rings. The monoisotopic (exact) mass is 261 g/mol. The number of nitrogens with one attached hydrogen (secondary N) is 1. The number of carbonyl (C=O) groups is 1. The van der Waals surface area contributed by atoms with Crippen molar-refractivity contribution in [2.45, 2.75) is 0 Å². The lowest BCUT2D eigenvalue weighted by Gasteiger charge is -2.08. The lowest BCUT2D eigenvalue weighted by atomic mass is 10.1. The summed E-state index contributed by atoms with van der Waals surface area (Å²) in [5.41, 5.74) is 0.706. The Morgan fingerprint density at radius 1 is 1.53 bits per heavy atom. The van der Waals surface area contributed by atoms with Crippen molar-refractivity contribution in [3.63, 3.8) is 0 Å². The first-order valence-electron chi connectivity index (χ1n) is 5.33. The first kappa shape index (κ1) is 12.6. The van der Waals surface area contributed by atoms with E-state index in [9.17, 15) is 9.59 Å². The van der Waals surface area contributed by atoms with Crippen LogP contribution in [0, 0.1) is 0 Å². The molecule has 1 heterocycles. The van der Waals surface area contributed by atoms with Crippen molar-refractivity contribution in [1.29, 1.82) is 0 Å². The van der Waals surface area contributed by atoms with E-state index in [4.69, 9.17) is 9.84 Å². The van der Waals surface area contributed by atoms with Gasteiger partial charge < -0.3 is 9.84 Å². The van der Waals surface area contributed by atoms with Crippen molar-refractivity contribution in [2.75, 3.05) is 7.11 Å². The van der Waals surface area contributed by atoms with Crippen LogP contribution in [0.4, 0.5) is 0 Å². The second-order valence-electron chi connectivity index (χ2n) is 3.63. The van der Waals surface area contributed by atoms with Crippen molar-refractivity contribution < 1.29 is 14.6 Å². The summed E-state index contributed by atoms with van der Waals surface area (Å²) < 4.78 is 6.44. The molecule has 2 N–H and O–H groups in total. The van der Waals surface area contributed by atoms with Gasteiger partial charge in [0, 0.05) is 6.08 Å². The lowest BCUT2D eigenvalue weighted by molar-refractivity contribution is -0.131. The van der Waals surface area contributed by atoms with Crippen LogP contribution in [0.2, 0.25) is 0 Å². The normalized spacial score (nSPS) is 10.8. The molecule has 1 aromatic heterocycles. The molecule has 0 unspecified atom stereocenters. The minimum atomic E-state index is -1.04. The topological polar surface area (TPSA) is 97.2 Å². The number of nitrogens with zero attached hydrogens (tertiary/aromatic N) is 2. The van der Waals surface area contributed by atoms with E-state index >= 15 is 0 Å². The van der Waals surface area contributed by atoms with Gasteiger partial charge in [0.25, 0.3) is 0 Å². The van der Waals surface area contributed by atoms with E-state index in [-0.39, 0.29) is 0 Å². The molecule has 0 radical (unpaired) electrons. The fraction of sp³-hybridized carbons (Fsp3) is 0.0833. The molecule has 0 aliphatic heterocycles. The van der Waals surface area contributed by atoms with Gasteiger partial charge in [-0.2, -0.15) is 5.10 Å². The van der Waals surface area contributed by atoms with Gasteiger partial charge in [-0.25, -0.2) is 19.3 Å². The predicted octanol–water partition coefficient (Wildman–Crippen LogP) is 0.667. The van der Waals surface area contributed by atoms with Crippen molar-refractivity contribution >= 4 is 12.0 Å². The minimum absolute atomic E-state index is 0.405. The van der Waals surface area contributed by atoms with Crippen molar-refractivity contribution in [3.05, 3.63) is 46.7 Å². The number of H-pyrrole nitrogens is 1. The Kier molecular flexibility index (Phi) is 3.46. The third-order valence-electron chi connectivity index (χ3n) is 2.43. The molecular weight excluding hydrogens is 250 g/mol. The van der Waals surface area contributed by atoms with E-state index in [1.54, 1.807) is 18.2 Å². The van der Waals surface area contributed by atoms with E-state index in [1.165, 1.54) is 24.1 Å². The molecule has 0 aliphatic carbocycles. The molecule has 98 valence electrons. The van der Waals surface area contributed by atoms with E-state index in [1.807, 2.05) is 0 Å². The van der Waals surface area contributed by atoms with Crippen LogP contribution >= 0.6 is 0 Å². The number of aromatic amines is 1. The van der Waals surface area contributed by atoms with E-state index < -0.39 is 11.7 Å². The number of hydrogen-bond donors (Lipinski definition) is 2. The number of methoxy groups -OCH3 is 1. The summed E-state index contributed by atoms with van der Waals surface area (Å²) in [6.07, 6.45) is 3.77. The highest BCUT2D eigenvalue weighted by Crippen LogP contribution is 2.23. The van der Waals surface area contributed by atoms with Crippen molar-refractivity contribution in [3.8, 4) is 11.4 Å². The van der Waals surface area contributed by atoms with Crippen LogP contribution < -0.4 is 10.4 Å². The Bertz CT molecular complexity index is 684. The molecule has 0 saturated carbocycles. The zero-order valence-corrected chi connectivity index (χ0v) is 10.0.